The van der Waals surface area contributed by atoms with Crippen LogP contribution in [-0.2, 0) is 4.79 Å². The Morgan fingerprint density at radius 1 is 1.45 bits per heavy atom. The van der Waals surface area contributed by atoms with Crippen LogP contribution in [0.4, 0.5) is 0 Å². The summed E-state index contributed by atoms with van der Waals surface area (Å²) in [7, 11) is 0. The van der Waals surface area contributed by atoms with E-state index in [1.165, 1.54) is 0 Å². The van der Waals surface area contributed by atoms with Crippen molar-refractivity contribution in [3.8, 4) is 0 Å². The molecule has 2 aliphatic carbocycles. The van der Waals surface area contributed by atoms with Crippen molar-refractivity contribution in [1.82, 2.24) is 0 Å². The quantitative estimate of drug-likeness (QED) is 0.585. The van der Waals surface area contributed by atoms with Gasteiger partial charge < -0.3 is 10.2 Å². The fourth-order valence-corrected chi connectivity index (χ4v) is 3.92. The van der Waals surface area contributed by atoms with Crippen LogP contribution in [0.1, 0.15) is 52.9 Å². The Morgan fingerprint density at radius 2 is 2.14 bits per heavy atom. The maximum Gasteiger partial charge on any atom is 0.161 e. The first kappa shape index (κ1) is 17.4. The lowest BCUT2D eigenvalue weighted by atomic mass is 9.80. The molecule has 0 saturated heterocycles. The number of rotatable bonds is 6. The monoisotopic (exact) mass is 306 g/mol. The average molecular weight is 306 g/mol. The van der Waals surface area contributed by atoms with Gasteiger partial charge in [0.1, 0.15) is 0 Å². The van der Waals surface area contributed by atoms with E-state index in [1.807, 2.05) is 12.2 Å². The van der Waals surface area contributed by atoms with E-state index in [0.29, 0.717) is 18.4 Å². The molecule has 124 valence electrons. The second kappa shape index (κ2) is 6.67. The van der Waals surface area contributed by atoms with Gasteiger partial charge in [0.05, 0.1) is 12.2 Å². The zero-order valence-corrected chi connectivity index (χ0v) is 14.1. The summed E-state index contributed by atoms with van der Waals surface area (Å²) in [5.41, 5.74) is 0.536. The third-order valence-corrected chi connectivity index (χ3v) is 5.61. The summed E-state index contributed by atoms with van der Waals surface area (Å²) in [5, 5.41) is 20.7. The predicted octanol–water partition coefficient (Wildman–Crippen LogP) is 3.26. The normalized spacial score (nSPS) is 33.7. The fraction of sp³-hybridized carbons (Fsp3) is 0.737. The number of hydrogen-bond acceptors (Lipinski definition) is 3. The van der Waals surface area contributed by atoms with Gasteiger partial charge in [0.2, 0.25) is 0 Å². The Hall–Kier alpha value is -0.930. The van der Waals surface area contributed by atoms with E-state index in [9.17, 15) is 15.0 Å². The van der Waals surface area contributed by atoms with E-state index in [-0.39, 0.29) is 29.0 Å². The highest BCUT2D eigenvalue weighted by atomic mass is 16.3. The molecule has 0 aliphatic heterocycles. The summed E-state index contributed by atoms with van der Waals surface area (Å²) >= 11 is 0. The molecule has 3 heteroatoms. The van der Waals surface area contributed by atoms with Crippen LogP contribution in [0.5, 0.6) is 0 Å². The topological polar surface area (TPSA) is 57.5 Å². The molecule has 0 aromatic rings. The van der Waals surface area contributed by atoms with Crippen molar-refractivity contribution < 1.29 is 15.0 Å². The van der Waals surface area contributed by atoms with E-state index in [4.69, 9.17) is 0 Å². The third-order valence-electron chi connectivity index (χ3n) is 5.61. The first-order chi connectivity index (χ1) is 10.3. The fourth-order valence-electron chi connectivity index (χ4n) is 3.92. The number of carbonyl (C=O) groups is 1. The number of Topliss-reactive ketones (excluding diaryl/α,β-unsaturated/α-hetero) is 1. The molecule has 0 spiro atoms. The Labute approximate surface area is 134 Å². The number of ketones is 1. The van der Waals surface area contributed by atoms with E-state index in [2.05, 4.69) is 27.4 Å². The molecule has 0 amide bonds. The zero-order valence-electron chi connectivity index (χ0n) is 14.1. The van der Waals surface area contributed by atoms with Gasteiger partial charge in [-0.25, -0.2) is 0 Å². The molecule has 2 aliphatic rings. The molecule has 2 saturated carbocycles. The molecule has 2 rings (SSSR count). The lowest BCUT2D eigenvalue weighted by molar-refractivity contribution is -0.118. The van der Waals surface area contributed by atoms with Gasteiger partial charge in [0, 0.05) is 11.8 Å². The van der Waals surface area contributed by atoms with E-state index in [0.717, 1.165) is 19.3 Å². The van der Waals surface area contributed by atoms with Crippen LogP contribution in [0, 0.1) is 23.2 Å². The third kappa shape index (κ3) is 3.36. The van der Waals surface area contributed by atoms with E-state index in [1.54, 1.807) is 0 Å². The van der Waals surface area contributed by atoms with Crippen molar-refractivity contribution in [3.63, 3.8) is 0 Å². The van der Waals surface area contributed by atoms with Crippen LogP contribution < -0.4 is 0 Å². The largest absolute Gasteiger partial charge is 0.392 e. The lowest BCUT2D eigenvalue weighted by Crippen LogP contribution is -2.28. The molecule has 0 bridgehead atoms. The predicted molar refractivity (Wildman–Crippen MR) is 88.3 cm³/mol. The Bertz CT molecular complexity index is 463. The average Bonchev–Trinajstić information content (AvgIpc) is 2.91. The number of aliphatic hydroxyl groups excluding tert-OH is 2. The van der Waals surface area contributed by atoms with Gasteiger partial charge in [-0.15, -0.1) is 0 Å². The van der Waals surface area contributed by atoms with Crippen LogP contribution in [-0.4, -0.2) is 28.2 Å². The van der Waals surface area contributed by atoms with Crippen molar-refractivity contribution in [2.45, 2.75) is 65.1 Å². The summed E-state index contributed by atoms with van der Waals surface area (Å²) in [6.45, 7) is 10.1. The number of allylic oxidation sites excluding steroid dienone is 1. The SMILES string of the molecule is C=C1C[C@H]2[C@H](C=C[C@H](O)C(C)(C)CCCC)[C@H](O)C[C@@H]2C1=O. The molecule has 0 heterocycles. The van der Waals surface area contributed by atoms with Crippen molar-refractivity contribution in [1.29, 1.82) is 0 Å². The Morgan fingerprint density at radius 3 is 2.77 bits per heavy atom. The van der Waals surface area contributed by atoms with Crippen molar-refractivity contribution >= 4 is 5.78 Å². The van der Waals surface area contributed by atoms with Gasteiger partial charge in [-0.2, -0.15) is 0 Å². The van der Waals surface area contributed by atoms with Gasteiger partial charge >= 0.3 is 0 Å². The summed E-state index contributed by atoms with van der Waals surface area (Å²) < 4.78 is 0. The first-order valence-electron chi connectivity index (χ1n) is 8.54. The number of hydrogen-bond donors (Lipinski definition) is 2. The molecule has 5 atom stereocenters. The molecular formula is C19H30O3. The summed E-state index contributed by atoms with van der Waals surface area (Å²) in [6.07, 6.45) is 7.19. The van der Waals surface area contributed by atoms with Gasteiger partial charge in [-0.3, -0.25) is 4.79 Å². The second-order valence-corrected chi connectivity index (χ2v) is 7.74. The van der Waals surface area contributed by atoms with Crippen LogP contribution in [0.15, 0.2) is 24.3 Å². The van der Waals surface area contributed by atoms with Crippen LogP contribution in [0.3, 0.4) is 0 Å². The van der Waals surface area contributed by atoms with Crippen molar-refractivity contribution in [3.05, 3.63) is 24.3 Å². The highest BCUT2D eigenvalue weighted by Crippen LogP contribution is 2.48. The van der Waals surface area contributed by atoms with Gasteiger partial charge in [-0.05, 0) is 36.2 Å². The Kier molecular flexibility index (Phi) is 5.29. The molecular weight excluding hydrogens is 276 g/mol. The van der Waals surface area contributed by atoms with Gasteiger partial charge in [0.25, 0.3) is 0 Å². The molecule has 2 N–H and O–H groups in total. The van der Waals surface area contributed by atoms with Gasteiger partial charge in [0.15, 0.2) is 5.78 Å². The van der Waals surface area contributed by atoms with E-state index < -0.39 is 12.2 Å². The van der Waals surface area contributed by atoms with Crippen molar-refractivity contribution in [2.75, 3.05) is 0 Å². The van der Waals surface area contributed by atoms with Crippen LogP contribution in [0.25, 0.3) is 0 Å². The maximum absolute atomic E-state index is 12.0. The van der Waals surface area contributed by atoms with Gasteiger partial charge in [-0.1, -0.05) is 52.3 Å². The number of fused-ring (bicyclic) bond motifs is 1. The number of aliphatic hydroxyl groups is 2. The Balaban J connectivity index is 2.03. The smallest absolute Gasteiger partial charge is 0.161 e. The molecule has 0 radical (unpaired) electrons. The minimum atomic E-state index is -0.523. The highest BCUT2D eigenvalue weighted by Gasteiger charge is 2.49. The molecule has 22 heavy (non-hydrogen) atoms. The number of carbonyl (C=O) groups excluding carboxylic acids is 1. The minimum absolute atomic E-state index is 0.0372. The summed E-state index contributed by atoms with van der Waals surface area (Å²) in [6, 6.07) is 0. The minimum Gasteiger partial charge on any atom is -0.392 e. The molecule has 0 aromatic heterocycles. The summed E-state index contributed by atoms with van der Waals surface area (Å²) in [5.74, 6) is 0.188. The van der Waals surface area contributed by atoms with Crippen molar-refractivity contribution in [2.24, 2.45) is 23.2 Å². The molecule has 0 unspecified atom stereocenters. The summed E-state index contributed by atoms with van der Waals surface area (Å²) in [4.78, 5) is 12.0. The zero-order chi connectivity index (χ0) is 16.5. The lowest BCUT2D eigenvalue weighted by Gasteiger charge is -2.29. The molecule has 3 nitrogen and oxygen atoms in total. The highest BCUT2D eigenvalue weighted by molar-refractivity contribution is 5.99. The van der Waals surface area contributed by atoms with E-state index >= 15 is 0 Å². The van der Waals surface area contributed by atoms with Crippen LogP contribution in [0.2, 0.25) is 0 Å². The number of unbranched alkanes of at least 4 members (excludes halogenated alkanes) is 1. The first-order valence-corrected chi connectivity index (χ1v) is 8.54. The standard InChI is InChI=1S/C19H30O3/c1-5-6-9-19(3,4)17(21)8-7-13-14-10-12(2)18(22)15(14)11-16(13)20/h7-8,13-17,20-21H,2,5-6,9-11H2,1,3-4H3/t13-,14-,15-,16+,17-/m0/s1. The second-order valence-electron chi connectivity index (χ2n) is 7.74. The molecule has 0 aromatic carbocycles. The maximum atomic E-state index is 12.0. The molecule has 2 fully saturated rings. The van der Waals surface area contributed by atoms with Crippen LogP contribution >= 0.6 is 0 Å².